The minimum absolute atomic E-state index is 0.262. The van der Waals surface area contributed by atoms with E-state index in [1.165, 1.54) is 5.56 Å². The van der Waals surface area contributed by atoms with Gasteiger partial charge in [0.1, 0.15) is 5.58 Å². The fraction of sp³-hybridized carbons (Fsp3) is 0.227. The highest BCUT2D eigenvalue weighted by Crippen LogP contribution is 2.30. The Morgan fingerprint density at radius 3 is 2.68 bits per heavy atom. The van der Waals surface area contributed by atoms with Gasteiger partial charge in [-0.2, -0.15) is 0 Å². The molecule has 0 saturated heterocycles. The second kappa shape index (κ2) is 6.96. The van der Waals surface area contributed by atoms with Crippen LogP contribution in [0.5, 0.6) is 0 Å². The van der Waals surface area contributed by atoms with Crippen molar-refractivity contribution >= 4 is 22.7 Å². The molecule has 4 aromatic rings. The number of nitrogens with zero attached hydrogens (tertiary/aromatic N) is 2. The van der Waals surface area contributed by atoms with E-state index < -0.39 is 0 Å². The first-order chi connectivity index (χ1) is 13.5. The fourth-order valence-corrected chi connectivity index (χ4v) is 3.31. The number of aromatic nitrogens is 2. The van der Waals surface area contributed by atoms with Crippen LogP contribution in [0.2, 0.25) is 0 Å². The van der Waals surface area contributed by atoms with Crippen molar-refractivity contribution < 1.29 is 13.8 Å². The molecule has 2 aromatic heterocycles. The lowest BCUT2D eigenvalue weighted by molar-refractivity contribution is 0.0997. The molecule has 1 N–H and O–H groups in total. The van der Waals surface area contributed by atoms with E-state index in [0.29, 0.717) is 11.3 Å². The molecule has 0 aliphatic rings. The van der Waals surface area contributed by atoms with Crippen LogP contribution in [0.3, 0.4) is 0 Å². The van der Waals surface area contributed by atoms with Crippen LogP contribution in [0, 0.1) is 20.8 Å². The van der Waals surface area contributed by atoms with Crippen LogP contribution in [0.1, 0.15) is 39.7 Å². The van der Waals surface area contributed by atoms with E-state index >= 15 is 0 Å². The van der Waals surface area contributed by atoms with Crippen LogP contribution in [0.15, 0.2) is 45.4 Å². The fourth-order valence-electron chi connectivity index (χ4n) is 3.31. The third-order valence-corrected chi connectivity index (χ3v) is 4.98. The number of anilines is 1. The zero-order chi connectivity index (χ0) is 19.8. The minimum atomic E-state index is -0.381. The standard InChI is InChI=1S/C22H21N3O3/c1-5-15-8-9-18-17(11-15)14(4)20(27-18)22(26)23-21-19(24-28-25-21)16-10-12(2)6-7-13(16)3/h6-11H,5H2,1-4H3,(H,23,25,26). The number of aryl methyl sites for hydroxylation is 4. The first kappa shape index (κ1) is 18.0. The van der Waals surface area contributed by atoms with Crippen molar-refractivity contribution in [3.05, 3.63) is 64.4 Å². The number of fused-ring (bicyclic) bond motifs is 1. The molecule has 6 nitrogen and oxygen atoms in total. The number of hydrogen-bond acceptors (Lipinski definition) is 5. The number of carbonyl (C=O) groups excluding carboxylic acids is 1. The normalized spacial score (nSPS) is 11.1. The number of hydrogen-bond donors (Lipinski definition) is 1. The second-order valence-electron chi connectivity index (χ2n) is 6.97. The van der Waals surface area contributed by atoms with E-state index in [1.807, 2.05) is 51.1 Å². The Bertz CT molecular complexity index is 1190. The molecule has 142 valence electrons. The highest BCUT2D eigenvalue weighted by molar-refractivity contribution is 6.07. The Morgan fingerprint density at radius 2 is 1.89 bits per heavy atom. The van der Waals surface area contributed by atoms with Gasteiger partial charge < -0.3 is 4.42 Å². The molecule has 6 heteroatoms. The average Bonchev–Trinajstić information content (AvgIpc) is 3.28. The third kappa shape index (κ3) is 3.07. The van der Waals surface area contributed by atoms with Gasteiger partial charge in [0, 0.05) is 16.5 Å². The Kier molecular flexibility index (Phi) is 4.47. The average molecular weight is 375 g/mol. The number of rotatable bonds is 4. The summed E-state index contributed by atoms with van der Waals surface area (Å²) in [7, 11) is 0. The van der Waals surface area contributed by atoms with E-state index in [9.17, 15) is 4.79 Å². The van der Waals surface area contributed by atoms with Crippen molar-refractivity contribution in [3.63, 3.8) is 0 Å². The van der Waals surface area contributed by atoms with Gasteiger partial charge in [-0.1, -0.05) is 30.7 Å². The predicted octanol–water partition coefficient (Wildman–Crippen LogP) is 5.22. The summed E-state index contributed by atoms with van der Waals surface area (Å²) in [6.45, 7) is 7.95. The molecule has 28 heavy (non-hydrogen) atoms. The summed E-state index contributed by atoms with van der Waals surface area (Å²) in [4.78, 5) is 12.9. The number of furan rings is 1. The van der Waals surface area contributed by atoms with Crippen LogP contribution in [0.25, 0.3) is 22.2 Å². The van der Waals surface area contributed by atoms with Gasteiger partial charge >= 0.3 is 0 Å². The molecule has 4 rings (SSSR count). The highest BCUT2D eigenvalue weighted by atomic mass is 16.6. The van der Waals surface area contributed by atoms with Crippen molar-refractivity contribution in [3.8, 4) is 11.3 Å². The predicted molar refractivity (Wildman–Crippen MR) is 107 cm³/mol. The van der Waals surface area contributed by atoms with Crippen molar-refractivity contribution in [2.45, 2.75) is 34.1 Å². The van der Waals surface area contributed by atoms with Crippen LogP contribution >= 0.6 is 0 Å². The number of carbonyl (C=O) groups is 1. The quantitative estimate of drug-likeness (QED) is 0.529. The molecule has 2 heterocycles. The van der Waals surface area contributed by atoms with Gasteiger partial charge in [0.2, 0.25) is 5.82 Å². The monoisotopic (exact) mass is 375 g/mol. The van der Waals surface area contributed by atoms with Crippen LogP contribution in [-0.4, -0.2) is 16.2 Å². The van der Waals surface area contributed by atoms with Crippen LogP contribution < -0.4 is 5.32 Å². The first-order valence-corrected chi connectivity index (χ1v) is 9.21. The van der Waals surface area contributed by atoms with Crippen molar-refractivity contribution in [1.82, 2.24) is 10.3 Å². The van der Waals surface area contributed by atoms with Crippen molar-refractivity contribution in [2.75, 3.05) is 5.32 Å². The Morgan fingerprint density at radius 1 is 1.07 bits per heavy atom. The molecule has 0 atom stereocenters. The van der Waals surface area contributed by atoms with E-state index in [4.69, 9.17) is 9.05 Å². The van der Waals surface area contributed by atoms with Gasteiger partial charge in [-0.3, -0.25) is 10.1 Å². The third-order valence-electron chi connectivity index (χ3n) is 4.98. The van der Waals surface area contributed by atoms with E-state index in [1.54, 1.807) is 0 Å². The van der Waals surface area contributed by atoms with Crippen molar-refractivity contribution in [2.24, 2.45) is 0 Å². The van der Waals surface area contributed by atoms with Crippen molar-refractivity contribution in [1.29, 1.82) is 0 Å². The number of amides is 1. The SMILES string of the molecule is CCc1ccc2oc(C(=O)Nc3nonc3-c3cc(C)ccc3C)c(C)c2c1. The smallest absolute Gasteiger partial charge is 0.292 e. The summed E-state index contributed by atoms with van der Waals surface area (Å²) < 4.78 is 10.7. The molecule has 0 fully saturated rings. The molecular weight excluding hydrogens is 354 g/mol. The molecule has 0 bridgehead atoms. The topological polar surface area (TPSA) is 81.2 Å². The number of benzene rings is 2. The van der Waals surface area contributed by atoms with E-state index in [2.05, 4.69) is 28.6 Å². The van der Waals surface area contributed by atoms with Gasteiger partial charge in [-0.15, -0.1) is 0 Å². The Balaban J connectivity index is 1.69. The zero-order valence-electron chi connectivity index (χ0n) is 16.3. The molecule has 0 aliphatic carbocycles. The maximum absolute atomic E-state index is 12.9. The van der Waals surface area contributed by atoms with Gasteiger partial charge in [0.25, 0.3) is 5.91 Å². The zero-order valence-corrected chi connectivity index (χ0v) is 16.3. The molecule has 0 saturated carbocycles. The molecule has 1 amide bonds. The van der Waals surface area contributed by atoms with Gasteiger partial charge in [0.15, 0.2) is 11.5 Å². The molecule has 2 aromatic carbocycles. The maximum atomic E-state index is 12.9. The first-order valence-electron chi connectivity index (χ1n) is 9.21. The summed E-state index contributed by atoms with van der Waals surface area (Å²) in [6, 6.07) is 12.0. The Hall–Kier alpha value is -3.41. The lowest BCUT2D eigenvalue weighted by Crippen LogP contribution is -2.13. The van der Waals surface area contributed by atoms with Crippen LogP contribution in [0.4, 0.5) is 5.82 Å². The minimum Gasteiger partial charge on any atom is -0.451 e. The summed E-state index contributed by atoms with van der Waals surface area (Å²) in [5.74, 6) is 0.153. The van der Waals surface area contributed by atoms with Gasteiger partial charge in [-0.25, -0.2) is 4.63 Å². The lowest BCUT2D eigenvalue weighted by Gasteiger charge is -2.06. The maximum Gasteiger partial charge on any atom is 0.292 e. The highest BCUT2D eigenvalue weighted by Gasteiger charge is 2.22. The molecule has 0 unspecified atom stereocenters. The molecule has 0 radical (unpaired) electrons. The summed E-state index contributed by atoms with van der Waals surface area (Å²) in [5, 5.41) is 11.6. The lowest BCUT2D eigenvalue weighted by atomic mass is 10.0. The molecular formula is C22H21N3O3. The van der Waals surface area contributed by atoms with Crippen LogP contribution in [-0.2, 0) is 6.42 Å². The summed E-state index contributed by atoms with van der Waals surface area (Å²) in [5.41, 5.74) is 6.15. The number of nitrogens with one attached hydrogen (secondary N) is 1. The van der Waals surface area contributed by atoms with Gasteiger partial charge in [-0.05, 0) is 66.8 Å². The van der Waals surface area contributed by atoms with E-state index in [-0.39, 0.29) is 17.5 Å². The second-order valence-corrected chi connectivity index (χ2v) is 6.97. The summed E-state index contributed by atoms with van der Waals surface area (Å²) in [6.07, 6.45) is 0.923. The van der Waals surface area contributed by atoms with Gasteiger partial charge in [0.05, 0.1) is 0 Å². The Labute approximate surface area is 162 Å². The largest absolute Gasteiger partial charge is 0.451 e. The molecule has 0 spiro atoms. The van der Waals surface area contributed by atoms with E-state index in [0.717, 1.165) is 34.1 Å². The molecule has 0 aliphatic heterocycles. The summed E-state index contributed by atoms with van der Waals surface area (Å²) >= 11 is 0.